The summed E-state index contributed by atoms with van der Waals surface area (Å²) < 4.78 is 11.5. The minimum atomic E-state index is -0.0869. The first-order chi connectivity index (χ1) is 17.0. The van der Waals surface area contributed by atoms with Crippen LogP contribution in [0.3, 0.4) is 0 Å². The van der Waals surface area contributed by atoms with Crippen LogP contribution >= 0.6 is 11.8 Å². The molecule has 180 valence electrons. The van der Waals surface area contributed by atoms with Crippen LogP contribution in [0.15, 0.2) is 64.5 Å². The summed E-state index contributed by atoms with van der Waals surface area (Å²) in [6, 6.07) is 17.2. The average molecular weight is 490 g/mol. The normalized spacial score (nSPS) is 11.7. The lowest BCUT2D eigenvalue weighted by Gasteiger charge is -2.12. The zero-order chi connectivity index (χ0) is 24.4. The predicted octanol–water partition coefficient (Wildman–Crippen LogP) is 4.09. The molecule has 35 heavy (non-hydrogen) atoms. The monoisotopic (exact) mass is 489 g/mol. The molecule has 0 amide bonds. The Morgan fingerprint density at radius 2 is 1.69 bits per heavy atom. The minimum Gasteiger partial charge on any atom is -0.486 e. The van der Waals surface area contributed by atoms with Crippen LogP contribution in [0.1, 0.15) is 31.9 Å². The number of benzene rings is 2. The Morgan fingerprint density at radius 1 is 0.943 bits per heavy atom. The second kappa shape index (κ2) is 9.91. The van der Waals surface area contributed by atoms with Gasteiger partial charge in [0.05, 0.1) is 16.7 Å². The molecule has 0 radical (unpaired) electrons. The van der Waals surface area contributed by atoms with Crippen molar-refractivity contribution in [1.82, 2.24) is 33.9 Å². The van der Waals surface area contributed by atoms with Crippen LogP contribution in [0.2, 0.25) is 0 Å². The number of ether oxygens (including phenoxy) is 1. The van der Waals surface area contributed by atoms with Crippen LogP contribution in [0.25, 0.3) is 16.7 Å². The molecule has 5 aromatic rings. The maximum absolute atomic E-state index is 12.7. The van der Waals surface area contributed by atoms with E-state index in [0.29, 0.717) is 29.4 Å². The maximum Gasteiger partial charge on any atom is 0.262 e. The van der Waals surface area contributed by atoms with Crippen LogP contribution in [0.4, 0.5) is 0 Å². The van der Waals surface area contributed by atoms with Gasteiger partial charge in [-0.2, -0.15) is 0 Å². The van der Waals surface area contributed by atoms with Crippen molar-refractivity contribution < 1.29 is 4.74 Å². The lowest BCUT2D eigenvalue weighted by molar-refractivity contribution is 0.285. The van der Waals surface area contributed by atoms with Gasteiger partial charge < -0.3 is 9.30 Å². The molecule has 3 aromatic heterocycles. The molecule has 5 rings (SSSR count). The Balaban J connectivity index is 1.43. The van der Waals surface area contributed by atoms with Crippen molar-refractivity contribution in [2.75, 3.05) is 0 Å². The second-order valence-corrected chi connectivity index (χ2v) is 9.70. The zero-order valence-corrected chi connectivity index (χ0v) is 20.8. The van der Waals surface area contributed by atoms with Gasteiger partial charge in [-0.3, -0.25) is 13.8 Å². The molecule has 0 saturated heterocycles. The molecule has 0 aliphatic carbocycles. The van der Waals surface area contributed by atoms with Gasteiger partial charge in [-0.1, -0.05) is 55.9 Å². The Morgan fingerprint density at radius 3 is 2.49 bits per heavy atom. The van der Waals surface area contributed by atoms with Gasteiger partial charge in [0.15, 0.2) is 11.0 Å². The SMILES string of the molecule is CC(C)CCn1c(COc2ccccc2)nnc1SCc1nnc2n(C)c(=O)c3ccccc3n12. The molecule has 0 unspecified atom stereocenters. The lowest BCUT2D eigenvalue weighted by atomic mass is 10.1. The maximum atomic E-state index is 12.7. The fourth-order valence-corrected chi connectivity index (χ4v) is 4.82. The Hall–Kier alpha value is -3.66. The molecule has 3 heterocycles. The Labute approximate surface area is 206 Å². The van der Waals surface area contributed by atoms with Crippen molar-refractivity contribution in [2.24, 2.45) is 13.0 Å². The highest BCUT2D eigenvalue weighted by Crippen LogP contribution is 2.24. The smallest absolute Gasteiger partial charge is 0.262 e. The van der Waals surface area contributed by atoms with E-state index in [0.717, 1.165) is 41.0 Å². The van der Waals surface area contributed by atoms with E-state index in [1.54, 1.807) is 18.8 Å². The molecule has 0 spiro atoms. The van der Waals surface area contributed by atoms with E-state index < -0.39 is 0 Å². The third kappa shape index (κ3) is 4.66. The number of hydrogen-bond donors (Lipinski definition) is 0. The van der Waals surface area contributed by atoms with Gasteiger partial charge in [0.1, 0.15) is 18.2 Å². The fraction of sp³-hybridized carbons (Fsp3) is 0.320. The summed E-state index contributed by atoms with van der Waals surface area (Å²) in [4.78, 5) is 12.7. The van der Waals surface area contributed by atoms with Gasteiger partial charge >= 0.3 is 0 Å². The quantitative estimate of drug-likeness (QED) is 0.288. The Kier molecular flexibility index (Phi) is 6.54. The molecular formula is C25H27N7O2S. The largest absolute Gasteiger partial charge is 0.486 e. The molecular weight excluding hydrogens is 462 g/mol. The van der Waals surface area contributed by atoms with Gasteiger partial charge in [0.25, 0.3) is 5.56 Å². The first kappa shape index (κ1) is 23.1. The summed E-state index contributed by atoms with van der Waals surface area (Å²) in [5.74, 6) is 3.93. The van der Waals surface area contributed by atoms with Gasteiger partial charge in [-0.05, 0) is 36.6 Å². The molecule has 0 bridgehead atoms. The minimum absolute atomic E-state index is 0.0869. The average Bonchev–Trinajstić information content (AvgIpc) is 3.48. The first-order valence-electron chi connectivity index (χ1n) is 11.6. The standard InChI is InChI=1S/C25H27N7O2S/c1-17(2)13-14-31-21(15-34-18-9-5-4-6-10-18)26-29-25(31)35-16-22-27-28-24-30(3)23(33)19-11-7-8-12-20(19)32(22)24/h4-12,17H,13-16H2,1-3H3. The Bertz CT molecular complexity index is 1520. The van der Waals surface area contributed by atoms with Crippen LogP contribution < -0.4 is 10.3 Å². The molecule has 0 fully saturated rings. The molecule has 10 heteroatoms. The summed E-state index contributed by atoms with van der Waals surface area (Å²) in [6.07, 6.45) is 1.00. The van der Waals surface area contributed by atoms with Crippen LogP contribution in [0.5, 0.6) is 5.75 Å². The number of para-hydroxylation sites is 2. The summed E-state index contributed by atoms with van der Waals surface area (Å²) in [6.45, 7) is 5.55. The molecule has 0 N–H and O–H groups in total. The molecule has 9 nitrogen and oxygen atoms in total. The van der Waals surface area contributed by atoms with E-state index in [9.17, 15) is 4.79 Å². The third-order valence-corrected chi connectivity index (χ3v) is 6.82. The second-order valence-electron chi connectivity index (χ2n) is 8.76. The third-order valence-electron chi connectivity index (χ3n) is 5.86. The van der Waals surface area contributed by atoms with E-state index in [-0.39, 0.29) is 5.56 Å². The van der Waals surface area contributed by atoms with Crippen molar-refractivity contribution in [1.29, 1.82) is 0 Å². The van der Waals surface area contributed by atoms with Crippen LogP contribution in [-0.2, 0) is 26.0 Å². The van der Waals surface area contributed by atoms with Crippen molar-refractivity contribution in [3.8, 4) is 5.75 Å². The van der Waals surface area contributed by atoms with Crippen molar-refractivity contribution in [3.63, 3.8) is 0 Å². The zero-order valence-electron chi connectivity index (χ0n) is 20.0. The first-order valence-corrected chi connectivity index (χ1v) is 12.6. The summed E-state index contributed by atoms with van der Waals surface area (Å²) >= 11 is 1.56. The van der Waals surface area contributed by atoms with Gasteiger partial charge in [-0.15, -0.1) is 20.4 Å². The molecule has 0 saturated carbocycles. The number of hydrogen-bond acceptors (Lipinski definition) is 7. The van der Waals surface area contributed by atoms with Gasteiger partial charge in [-0.25, -0.2) is 0 Å². The number of aryl methyl sites for hydroxylation is 1. The summed E-state index contributed by atoms with van der Waals surface area (Å²) in [5.41, 5.74) is 0.709. The van der Waals surface area contributed by atoms with E-state index >= 15 is 0 Å². The molecule has 0 aliphatic rings. The van der Waals surface area contributed by atoms with E-state index in [2.05, 4.69) is 38.8 Å². The summed E-state index contributed by atoms with van der Waals surface area (Å²) in [5, 5.41) is 19.0. The highest BCUT2D eigenvalue weighted by Gasteiger charge is 2.18. The van der Waals surface area contributed by atoms with Crippen molar-refractivity contribution >= 4 is 28.4 Å². The highest BCUT2D eigenvalue weighted by molar-refractivity contribution is 7.98. The predicted molar refractivity (Wildman–Crippen MR) is 136 cm³/mol. The van der Waals surface area contributed by atoms with Gasteiger partial charge in [0, 0.05) is 13.6 Å². The topological polar surface area (TPSA) is 92.1 Å². The van der Waals surface area contributed by atoms with E-state index in [1.807, 2.05) is 59.0 Å². The highest BCUT2D eigenvalue weighted by atomic mass is 32.2. The number of rotatable bonds is 9. The van der Waals surface area contributed by atoms with Crippen molar-refractivity contribution in [3.05, 3.63) is 76.6 Å². The van der Waals surface area contributed by atoms with E-state index in [4.69, 9.17) is 4.74 Å². The summed E-state index contributed by atoms with van der Waals surface area (Å²) in [7, 11) is 1.72. The van der Waals surface area contributed by atoms with Crippen LogP contribution in [0, 0.1) is 5.92 Å². The number of aromatic nitrogens is 7. The van der Waals surface area contributed by atoms with E-state index in [1.165, 1.54) is 4.57 Å². The number of fused-ring (bicyclic) bond motifs is 3. The molecule has 2 aromatic carbocycles. The van der Waals surface area contributed by atoms with Crippen LogP contribution in [-0.4, -0.2) is 33.9 Å². The number of thioether (sulfide) groups is 1. The fourth-order valence-electron chi connectivity index (χ4n) is 3.92. The number of nitrogens with zero attached hydrogens (tertiary/aromatic N) is 7. The van der Waals surface area contributed by atoms with Crippen molar-refractivity contribution in [2.45, 2.75) is 44.3 Å². The molecule has 0 atom stereocenters. The lowest BCUT2D eigenvalue weighted by Crippen LogP contribution is -2.20. The van der Waals surface area contributed by atoms with Gasteiger partial charge in [0.2, 0.25) is 5.78 Å². The molecule has 0 aliphatic heterocycles.